The van der Waals surface area contributed by atoms with Gasteiger partial charge in [-0.25, -0.2) is 12.7 Å². The zero-order chi connectivity index (χ0) is 10.1. The highest BCUT2D eigenvalue weighted by Gasteiger charge is 2.39. The van der Waals surface area contributed by atoms with E-state index in [2.05, 4.69) is 0 Å². The third-order valence-corrected chi connectivity index (χ3v) is 4.82. The van der Waals surface area contributed by atoms with Gasteiger partial charge in [0.2, 0.25) is 10.0 Å². The van der Waals surface area contributed by atoms with Crippen molar-refractivity contribution in [1.29, 1.82) is 0 Å². The van der Waals surface area contributed by atoms with E-state index in [1.165, 1.54) is 18.2 Å². The average Bonchev–Trinajstić information content (AvgIpc) is 2.56. The molecule has 0 unspecified atom stereocenters. The largest absolute Gasteiger partial charge is 0.302 e. The Hall–Kier alpha value is -0.420. The third-order valence-electron chi connectivity index (χ3n) is 2.35. The number of carbonyl (C=O) groups excluding carboxylic acids is 1. The number of nitrogens with zero attached hydrogens (tertiary/aromatic N) is 1. The number of rotatable bonds is 3. The minimum absolute atomic E-state index is 0.501. The van der Waals surface area contributed by atoms with Gasteiger partial charge in [0.1, 0.15) is 11.0 Å². The molecule has 0 radical (unpaired) electrons. The molecule has 0 saturated carbocycles. The van der Waals surface area contributed by atoms with E-state index in [1.807, 2.05) is 0 Å². The molecule has 0 aromatic rings. The Labute approximate surface area is 79.0 Å². The zero-order valence-corrected chi connectivity index (χ0v) is 8.80. The number of aldehydes is 1. The lowest BCUT2D eigenvalue weighted by Crippen LogP contribution is -2.44. The molecule has 76 valence electrons. The quantitative estimate of drug-likeness (QED) is 0.626. The Morgan fingerprint density at radius 3 is 2.08 bits per heavy atom. The maximum atomic E-state index is 11.8. The smallest absolute Gasteiger partial charge is 0.226 e. The summed E-state index contributed by atoms with van der Waals surface area (Å²) in [7, 11) is -3.42. The summed E-state index contributed by atoms with van der Waals surface area (Å²) in [4.78, 5) is 10.6. The second-order valence-electron chi connectivity index (χ2n) is 3.83. The minimum Gasteiger partial charge on any atom is -0.302 e. The lowest BCUT2D eigenvalue weighted by atomic mass is 10.2. The molecular weight excluding hydrogens is 190 g/mol. The van der Waals surface area contributed by atoms with E-state index in [0.29, 0.717) is 19.4 Å². The summed E-state index contributed by atoms with van der Waals surface area (Å²) < 4.78 is 23.7. The van der Waals surface area contributed by atoms with Crippen molar-refractivity contribution in [3.05, 3.63) is 0 Å². The lowest BCUT2D eigenvalue weighted by molar-refractivity contribution is -0.109. The van der Waals surface area contributed by atoms with Crippen LogP contribution in [0.4, 0.5) is 0 Å². The van der Waals surface area contributed by atoms with Gasteiger partial charge in [0.25, 0.3) is 0 Å². The molecule has 0 aliphatic carbocycles. The fourth-order valence-corrected chi connectivity index (χ4v) is 2.85. The first kappa shape index (κ1) is 10.7. The van der Waals surface area contributed by atoms with Gasteiger partial charge in [-0.15, -0.1) is 0 Å². The third kappa shape index (κ3) is 1.76. The van der Waals surface area contributed by atoms with Gasteiger partial charge in [0, 0.05) is 13.1 Å². The number of hydrogen-bond acceptors (Lipinski definition) is 3. The van der Waals surface area contributed by atoms with Crippen LogP contribution in [-0.2, 0) is 14.8 Å². The molecule has 1 rings (SSSR count). The Balaban J connectivity index is 2.93. The van der Waals surface area contributed by atoms with Gasteiger partial charge in [0.15, 0.2) is 0 Å². The van der Waals surface area contributed by atoms with Crippen molar-refractivity contribution in [2.75, 3.05) is 13.1 Å². The van der Waals surface area contributed by atoms with Crippen LogP contribution in [-0.4, -0.2) is 36.8 Å². The summed E-state index contributed by atoms with van der Waals surface area (Å²) in [6, 6.07) is 0. The van der Waals surface area contributed by atoms with Gasteiger partial charge >= 0.3 is 0 Å². The predicted molar refractivity (Wildman–Crippen MR) is 49.9 cm³/mol. The zero-order valence-electron chi connectivity index (χ0n) is 7.99. The minimum atomic E-state index is -3.42. The van der Waals surface area contributed by atoms with Crippen LogP contribution in [0.2, 0.25) is 0 Å². The van der Waals surface area contributed by atoms with Gasteiger partial charge in [-0.05, 0) is 26.7 Å². The van der Waals surface area contributed by atoms with Gasteiger partial charge in [0.05, 0.1) is 0 Å². The SMILES string of the molecule is CC(C)(C=O)S(=O)(=O)N1CCCC1. The predicted octanol–water partition coefficient (Wildman–Crippen LogP) is 0.390. The second kappa shape index (κ2) is 3.38. The van der Waals surface area contributed by atoms with Gasteiger partial charge in [-0.2, -0.15) is 0 Å². The molecule has 0 N–H and O–H groups in total. The maximum absolute atomic E-state index is 11.8. The molecule has 1 fully saturated rings. The van der Waals surface area contributed by atoms with E-state index in [9.17, 15) is 13.2 Å². The van der Waals surface area contributed by atoms with Crippen LogP contribution in [0.3, 0.4) is 0 Å². The molecule has 1 heterocycles. The molecule has 1 aliphatic rings. The fraction of sp³-hybridized carbons (Fsp3) is 0.875. The van der Waals surface area contributed by atoms with Gasteiger partial charge in [-0.3, -0.25) is 0 Å². The fourth-order valence-electron chi connectivity index (χ4n) is 1.32. The Morgan fingerprint density at radius 2 is 1.69 bits per heavy atom. The summed E-state index contributed by atoms with van der Waals surface area (Å²) in [6.45, 7) is 3.99. The van der Waals surface area contributed by atoms with Crippen LogP contribution in [0, 0.1) is 0 Å². The maximum Gasteiger partial charge on any atom is 0.226 e. The van der Waals surface area contributed by atoms with Crippen molar-refractivity contribution in [1.82, 2.24) is 4.31 Å². The van der Waals surface area contributed by atoms with E-state index in [1.54, 1.807) is 0 Å². The molecule has 4 nitrogen and oxygen atoms in total. The first-order valence-corrected chi connectivity index (χ1v) is 5.82. The van der Waals surface area contributed by atoms with Crippen LogP contribution in [0.1, 0.15) is 26.7 Å². The van der Waals surface area contributed by atoms with Crippen molar-refractivity contribution in [3.63, 3.8) is 0 Å². The first-order chi connectivity index (χ1) is 5.92. The van der Waals surface area contributed by atoms with E-state index in [4.69, 9.17) is 0 Å². The molecule has 0 aromatic carbocycles. The molecule has 1 aliphatic heterocycles. The summed E-state index contributed by atoms with van der Waals surface area (Å²) >= 11 is 0. The highest BCUT2D eigenvalue weighted by Crippen LogP contribution is 2.22. The summed E-state index contributed by atoms with van der Waals surface area (Å²) in [6.07, 6.45) is 2.29. The molecular formula is C8H15NO3S. The topological polar surface area (TPSA) is 54.5 Å². The van der Waals surface area contributed by atoms with Crippen molar-refractivity contribution in [2.45, 2.75) is 31.4 Å². The molecule has 13 heavy (non-hydrogen) atoms. The van der Waals surface area contributed by atoms with Gasteiger partial charge < -0.3 is 4.79 Å². The standard InChI is InChI=1S/C8H15NO3S/c1-8(2,7-10)13(11,12)9-5-3-4-6-9/h7H,3-6H2,1-2H3. The lowest BCUT2D eigenvalue weighted by Gasteiger charge is -2.24. The molecule has 0 bridgehead atoms. The van der Waals surface area contributed by atoms with Crippen molar-refractivity contribution >= 4 is 16.3 Å². The summed E-state index contributed by atoms with van der Waals surface area (Å²) in [5, 5.41) is 0. The van der Waals surface area contributed by atoms with E-state index in [0.717, 1.165) is 12.8 Å². The molecule has 5 heteroatoms. The molecule has 0 spiro atoms. The van der Waals surface area contributed by atoms with E-state index in [-0.39, 0.29) is 0 Å². The van der Waals surface area contributed by atoms with Crippen LogP contribution < -0.4 is 0 Å². The number of hydrogen-bond donors (Lipinski definition) is 0. The number of carbonyl (C=O) groups is 1. The van der Waals surface area contributed by atoms with Crippen LogP contribution >= 0.6 is 0 Å². The summed E-state index contributed by atoms with van der Waals surface area (Å²) in [5.74, 6) is 0. The van der Waals surface area contributed by atoms with Gasteiger partial charge in [-0.1, -0.05) is 0 Å². The second-order valence-corrected chi connectivity index (χ2v) is 6.35. The van der Waals surface area contributed by atoms with Crippen LogP contribution in [0.5, 0.6) is 0 Å². The van der Waals surface area contributed by atoms with E-state index >= 15 is 0 Å². The molecule has 0 amide bonds. The molecule has 0 atom stereocenters. The van der Waals surface area contributed by atoms with E-state index < -0.39 is 14.8 Å². The Bertz CT molecular complexity index is 289. The monoisotopic (exact) mass is 205 g/mol. The molecule has 1 saturated heterocycles. The Kier molecular flexibility index (Phi) is 2.77. The van der Waals surface area contributed by atoms with Crippen LogP contribution in [0.25, 0.3) is 0 Å². The first-order valence-electron chi connectivity index (χ1n) is 4.38. The normalized spacial score (nSPS) is 20.5. The average molecular weight is 205 g/mol. The molecule has 0 aromatic heterocycles. The number of sulfonamides is 1. The van der Waals surface area contributed by atoms with Crippen molar-refractivity contribution in [3.8, 4) is 0 Å². The highest BCUT2D eigenvalue weighted by atomic mass is 32.2. The highest BCUT2D eigenvalue weighted by molar-refractivity contribution is 7.91. The van der Waals surface area contributed by atoms with Crippen LogP contribution in [0.15, 0.2) is 0 Å². The Morgan fingerprint density at radius 1 is 1.23 bits per heavy atom. The van der Waals surface area contributed by atoms with Crippen molar-refractivity contribution < 1.29 is 13.2 Å². The summed E-state index contributed by atoms with van der Waals surface area (Å²) in [5.41, 5.74) is 0. The van der Waals surface area contributed by atoms with Crippen molar-refractivity contribution in [2.24, 2.45) is 0 Å².